The lowest BCUT2D eigenvalue weighted by Gasteiger charge is -1.86. The second-order valence-electron chi connectivity index (χ2n) is 1.89. The van der Waals surface area contributed by atoms with Gasteiger partial charge in [-0.25, -0.2) is 4.79 Å². The van der Waals surface area contributed by atoms with E-state index < -0.39 is 12.6 Å². The molecule has 0 bridgehead atoms. The van der Waals surface area contributed by atoms with E-state index in [9.17, 15) is 4.79 Å². The standard InChI is InChI=1S/C6H6.C3H6O3/c1-2-4-6-5-3-1;1-6-3(5)2-4/h1-6H;4H,2H2,1H3. The number of esters is 1. The molecule has 0 saturated heterocycles. The van der Waals surface area contributed by atoms with Gasteiger partial charge in [0, 0.05) is 0 Å². The first-order valence-electron chi connectivity index (χ1n) is 3.49. The molecule has 0 unspecified atom stereocenters. The van der Waals surface area contributed by atoms with Crippen LogP contribution in [-0.2, 0) is 9.53 Å². The van der Waals surface area contributed by atoms with Crippen molar-refractivity contribution in [2.75, 3.05) is 13.7 Å². The van der Waals surface area contributed by atoms with Crippen LogP contribution in [0.2, 0.25) is 0 Å². The van der Waals surface area contributed by atoms with Gasteiger partial charge in [0.15, 0.2) is 0 Å². The highest BCUT2D eigenvalue weighted by Gasteiger charge is 1.89. The van der Waals surface area contributed by atoms with Gasteiger partial charge in [-0.15, -0.1) is 0 Å². The predicted molar refractivity (Wildman–Crippen MR) is 45.5 cm³/mol. The maximum atomic E-state index is 9.71. The van der Waals surface area contributed by atoms with Gasteiger partial charge < -0.3 is 9.84 Å². The van der Waals surface area contributed by atoms with Crippen LogP contribution < -0.4 is 0 Å². The Morgan fingerprint density at radius 2 is 1.50 bits per heavy atom. The molecular formula is C9H12O3. The zero-order valence-electron chi connectivity index (χ0n) is 6.93. The fraction of sp³-hybridized carbons (Fsp3) is 0.222. The maximum Gasteiger partial charge on any atom is 0.331 e. The van der Waals surface area contributed by atoms with E-state index in [2.05, 4.69) is 4.74 Å². The summed E-state index contributed by atoms with van der Waals surface area (Å²) in [6.45, 7) is -0.531. The van der Waals surface area contributed by atoms with E-state index in [-0.39, 0.29) is 0 Å². The molecular weight excluding hydrogens is 156 g/mol. The van der Waals surface area contributed by atoms with Crippen molar-refractivity contribution in [2.45, 2.75) is 0 Å². The lowest BCUT2D eigenvalue weighted by molar-refractivity contribution is -0.143. The summed E-state index contributed by atoms with van der Waals surface area (Å²) in [6.07, 6.45) is 0. The number of ether oxygens (including phenoxy) is 1. The summed E-state index contributed by atoms with van der Waals surface area (Å²) < 4.78 is 4.01. The molecule has 0 amide bonds. The van der Waals surface area contributed by atoms with Gasteiger partial charge in [-0.05, 0) is 0 Å². The molecule has 0 aliphatic rings. The van der Waals surface area contributed by atoms with Crippen LogP contribution in [-0.4, -0.2) is 24.8 Å². The Bertz CT molecular complexity index is 163. The number of aliphatic hydroxyl groups is 1. The zero-order chi connectivity index (χ0) is 9.23. The highest BCUT2D eigenvalue weighted by Crippen LogP contribution is 1.79. The minimum atomic E-state index is -0.602. The summed E-state index contributed by atoms with van der Waals surface area (Å²) in [5, 5.41) is 7.86. The Hall–Kier alpha value is -1.35. The van der Waals surface area contributed by atoms with Crippen molar-refractivity contribution in [1.82, 2.24) is 0 Å². The molecule has 66 valence electrons. The van der Waals surface area contributed by atoms with Crippen LogP contribution in [0.5, 0.6) is 0 Å². The van der Waals surface area contributed by atoms with Crippen LogP contribution in [0.4, 0.5) is 0 Å². The smallest absolute Gasteiger partial charge is 0.331 e. The van der Waals surface area contributed by atoms with Crippen molar-refractivity contribution >= 4 is 5.97 Å². The van der Waals surface area contributed by atoms with Gasteiger partial charge >= 0.3 is 5.97 Å². The molecule has 0 aromatic heterocycles. The van der Waals surface area contributed by atoms with Crippen LogP contribution in [0.15, 0.2) is 36.4 Å². The molecule has 0 radical (unpaired) electrons. The first-order valence-corrected chi connectivity index (χ1v) is 3.49. The Morgan fingerprint density at radius 3 is 1.58 bits per heavy atom. The Kier molecular flexibility index (Phi) is 6.88. The van der Waals surface area contributed by atoms with Gasteiger partial charge in [-0.1, -0.05) is 36.4 Å². The molecule has 0 fully saturated rings. The molecule has 3 heteroatoms. The monoisotopic (exact) mass is 168 g/mol. The van der Waals surface area contributed by atoms with E-state index in [0.29, 0.717) is 0 Å². The molecule has 1 N–H and O–H groups in total. The summed E-state index contributed by atoms with van der Waals surface area (Å²) in [7, 11) is 1.22. The highest BCUT2D eigenvalue weighted by molar-refractivity contribution is 5.70. The fourth-order valence-corrected chi connectivity index (χ4v) is 0.449. The van der Waals surface area contributed by atoms with Gasteiger partial charge in [0.2, 0.25) is 0 Å². The molecule has 3 nitrogen and oxygen atoms in total. The molecule has 1 aromatic rings. The number of carbonyl (C=O) groups excluding carboxylic acids is 1. The number of aliphatic hydroxyl groups excluding tert-OH is 1. The summed E-state index contributed by atoms with van der Waals surface area (Å²) >= 11 is 0. The van der Waals surface area contributed by atoms with Crippen molar-refractivity contribution in [3.05, 3.63) is 36.4 Å². The first kappa shape index (κ1) is 10.7. The Morgan fingerprint density at radius 1 is 1.17 bits per heavy atom. The van der Waals surface area contributed by atoms with Crippen molar-refractivity contribution in [3.8, 4) is 0 Å². The second-order valence-corrected chi connectivity index (χ2v) is 1.89. The molecule has 0 saturated carbocycles. The number of hydrogen-bond acceptors (Lipinski definition) is 3. The van der Waals surface area contributed by atoms with Gasteiger partial charge in [0.1, 0.15) is 6.61 Å². The molecule has 0 aliphatic carbocycles. The minimum Gasteiger partial charge on any atom is -0.467 e. The molecule has 1 aromatic carbocycles. The lowest BCUT2D eigenvalue weighted by Crippen LogP contribution is -2.04. The number of carbonyl (C=O) groups is 1. The van der Waals surface area contributed by atoms with Crippen molar-refractivity contribution in [2.24, 2.45) is 0 Å². The number of hydrogen-bond donors (Lipinski definition) is 1. The van der Waals surface area contributed by atoms with Crippen molar-refractivity contribution in [1.29, 1.82) is 0 Å². The summed E-state index contributed by atoms with van der Waals surface area (Å²) in [5.41, 5.74) is 0. The Balaban J connectivity index is 0.000000202. The van der Waals surface area contributed by atoms with E-state index >= 15 is 0 Å². The average molecular weight is 168 g/mol. The zero-order valence-corrected chi connectivity index (χ0v) is 6.93. The van der Waals surface area contributed by atoms with E-state index in [1.165, 1.54) is 7.11 Å². The molecule has 0 aliphatic heterocycles. The van der Waals surface area contributed by atoms with Crippen LogP contribution in [0, 0.1) is 0 Å². The normalized spacial score (nSPS) is 7.83. The van der Waals surface area contributed by atoms with E-state index in [4.69, 9.17) is 5.11 Å². The second kappa shape index (κ2) is 7.75. The number of benzene rings is 1. The van der Waals surface area contributed by atoms with Crippen LogP contribution in [0.25, 0.3) is 0 Å². The SMILES string of the molecule is COC(=O)CO.c1ccccc1. The predicted octanol–water partition coefficient (Wildman–Crippen LogP) is 0.838. The summed E-state index contributed by atoms with van der Waals surface area (Å²) in [5.74, 6) is -0.602. The summed E-state index contributed by atoms with van der Waals surface area (Å²) in [4.78, 5) is 9.71. The molecule has 0 heterocycles. The lowest BCUT2D eigenvalue weighted by atomic mass is 10.4. The van der Waals surface area contributed by atoms with Gasteiger partial charge in [0.05, 0.1) is 7.11 Å². The quantitative estimate of drug-likeness (QED) is 0.632. The average Bonchev–Trinajstić information content (AvgIpc) is 2.20. The topological polar surface area (TPSA) is 46.5 Å². The fourth-order valence-electron chi connectivity index (χ4n) is 0.449. The van der Waals surface area contributed by atoms with Gasteiger partial charge in [-0.2, -0.15) is 0 Å². The highest BCUT2D eigenvalue weighted by atomic mass is 16.5. The number of rotatable bonds is 1. The van der Waals surface area contributed by atoms with Crippen LogP contribution in [0.3, 0.4) is 0 Å². The van der Waals surface area contributed by atoms with E-state index in [1.54, 1.807) is 0 Å². The first-order chi connectivity index (χ1) is 5.81. The minimum absolute atomic E-state index is 0.531. The van der Waals surface area contributed by atoms with Crippen molar-refractivity contribution in [3.63, 3.8) is 0 Å². The molecule has 12 heavy (non-hydrogen) atoms. The van der Waals surface area contributed by atoms with Gasteiger partial charge in [-0.3, -0.25) is 0 Å². The molecule has 1 rings (SSSR count). The van der Waals surface area contributed by atoms with Gasteiger partial charge in [0.25, 0.3) is 0 Å². The maximum absolute atomic E-state index is 9.71. The van der Waals surface area contributed by atoms with Crippen molar-refractivity contribution < 1.29 is 14.6 Å². The third kappa shape index (κ3) is 6.77. The summed E-state index contributed by atoms with van der Waals surface area (Å²) in [6, 6.07) is 12.0. The molecule has 0 atom stereocenters. The van der Waals surface area contributed by atoms with Crippen LogP contribution >= 0.6 is 0 Å². The van der Waals surface area contributed by atoms with Crippen LogP contribution in [0.1, 0.15) is 0 Å². The third-order valence-corrected chi connectivity index (χ3v) is 1.02. The van der Waals surface area contributed by atoms with E-state index in [0.717, 1.165) is 0 Å². The third-order valence-electron chi connectivity index (χ3n) is 1.02. The molecule has 0 spiro atoms. The van der Waals surface area contributed by atoms with E-state index in [1.807, 2.05) is 36.4 Å². The largest absolute Gasteiger partial charge is 0.467 e. The number of methoxy groups -OCH3 is 1. The Labute approximate surface area is 71.6 Å².